The third-order valence-corrected chi connectivity index (χ3v) is 3.07. The van der Waals surface area contributed by atoms with Crippen LogP contribution in [0.25, 0.3) is 0 Å². The van der Waals surface area contributed by atoms with Gasteiger partial charge < -0.3 is 4.90 Å². The van der Waals surface area contributed by atoms with Crippen molar-refractivity contribution in [2.24, 2.45) is 0 Å². The second-order valence-corrected chi connectivity index (χ2v) is 5.82. The standard InChI is InChI=1S/C13H17BrFNO/c1-9-8-11(4-5-12(9)15)13(17)16(3)7-6-10(2)14/h4-5,8,10H,6-7H2,1-3H3. The summed E-state index contributed by atoms with van der Waals surface area (Å²) in [5, 5.41) is 0. The summed E-state index contributed by atoms with van der Waals surface area (Å²) in [4.78, 5) is 14.0. The van der Waals surface area contributed by atoms with E-state index in [1.807, 2.05) is 6.92 Å². The lowest BCUT2D eigenvalue weighted by Crippen LogP contribution is -2.28. The average molecular weight is 302 g/mol. The molecule has 94 valence electrons. The molecule has 0 spiro atoms. The predicted octanol–water partition coefficient (Wildman–Crippen LogP) is 3.38. The molecule has 1 unspecified atom stereocenters. The highest BCUT2D eigenvalue weighted by Crippen LogP contribution is 2.12. The van der Waals surface area contributed by atoms with E-state index < -0.39 is 0 Å². The first-order chi connectivity index (χ1) is 7.91. The van der Waals surface area contributed by atoms with Gasteiger partial charge in [0.15, 0.2) is 0 Å². The lowest BCUT2D eigenvalue weighted by atomic mass is 10.1. The topological polar surface area (TPSA) is 20.3 Å². The molecule has 0 aliphatic carbocycles. The van der Waals surface area contributed by atoms with E-state index in [1.165, 1.54) is 12.1 Å². The first kappa shape index (κ1) is 14.2. The maximum atomic E-state index is 13.1. The van der Waals surface area contributed by atoms with Gasteiger partial charge in [-0.1, -0.05) is 22.9 Å². The molecule has 1 rings (SSSR count). The molecule has 0 saturated heterocycles. The number of hydrogen-bond acceptors (Lipinski definition) is 1. The summed E-state index contributed by atoms with van der Waals surface area (Å²) in [6.07, 6.45) is 0.891. The quantitative estimate of drug-likeness (QED) is 0.781. The van der Waals surface area contributed by atoms with Crippen molar-refractivity contribution < 1.29 is 9.18 Å². The number of carbonyl (C=O) groups excluding carboxylic acids is 1. The Kier molecular flexibility index (Phi) is 5.12. The Morgan fingerprint density at radius 1 is 1.53 bits per heavy atom. The summed E-state index contributed by atoms with van der Waals surface area (Å²) in [6, 6.07) is 4.45. The van der Waals surface area contributed by atoms with Gasteiger partial charge >= 0.3 is 0 Å². The van der Waals surface area contributed by atoms with Gasteiger partial charge in [0.25, 0.3) is 5.91 Å². The number of halogens is 2. The van der Waals surface area contributed by atoms with E-state index in [9.17, 15) is 9.18 Å². The monoisotopic (exact) mass is 301 g/mol. The average Bonchev–Trinajstić information content (AvgIpc) is 2.28. The van der Waals surface area contributed by atoms with Gasteiger partial charge in [0, 0.05) is 24.0 Å². The van der Waals surface area contributed by atoms with Gasteiger partial charge in [0.1, 0.15) is 5.82 Å². The normalized spacial score (nSPS) is 12.3. The number of rotatable bonds is 4. The summed E-state index contributed by atoms with van der Waals surface area (Å²) in [5.41, 5.74) is 1.03. The zero-order valence-electron chi connectivity index (χ0n) is 10.3. The molecule has 1 aromatic carbocycles. The highest BCUT2D eigenvalue weighted by molar-refractivity contribution is 9.09. The molecular formula is C13H17BrFNO. The highest BCUT2D eigenvalue weighted by Gasteiger charge is 2.13. The molecular weight excluding hydrogens is 285 g/mol. The van der Waals surface area contributed by atoms with Crippen LogP contribution >= 0.6 is 15.9 Å². The van der Waals surface area contributed by atoms with Gasteiger partial charge in [-0.2, -0.15) is 0 Å². The van der Waals surface area contributed by atoms with Crippen molar-refractivity contribution in [2.45, 2.75) is 25.1 Å². The molecule has 0 fully saturated rings. The Hall–Kier alpha value is -0.900. The second kappa shape index (κ2) is 6.15. The second-order valence-electron chi connectivity index (χ2n) is 4.26. The molecule has 0 aliphatic heterocycles. The first-order valence-electron chi connectivity index (χ1n) is 5.57. The van der Waals surface area contributed by atoms with Crippen molar-refractivity contribution in [3.8, 4) is 0 Å². The number of amides is 1. The molecule has 1 amide bonds. The zero-order valence-corrected chi connectivity index (χ0v) is 11.9. The predicted molar refractivity (Wildman–Crippen MR) is 71.1 cm³/mol. The molecule has 17 heavy (non-hydrogen) atoms. The van der Waals surface area contributed by atoms with E-state index in [-0.39, 0.29) is 11.7 Å². The van der Waals surface area contributed by atoms with E-state index in [2.05, 4.69) is 15.9 Å². The summed E-state index contributed by atoms with van der Waals surface area (Å²) in [5.74, 6) is -0.348. The highest BCUT2D eigenvalue weighted by atomic mass is 79.9. The minimum Gasteiger partial charge on any atom is -0.342 e. The van der Waals surface area contributed by atoms with Crippen molar-refractivity contribution in [3.05, 3.63) is 35.1 Å². The van der Waals surface area contributed by atoms with Gasteiger partial charge in [-0.25, -0.2) is 4.39 Å². The zero-order chi connectivity index (χ0) is 13.0. The first-order valence-corrected chi connectivity index (χ1v) is 6.49. The fourth-order valence-electron chi connectivity index (χ4n) is 1.47. The Bertz CT molecular complexity index is 406. The number of alkyl halides is 1. The van der Waals surface area contributed by atoms with Gasteiger partial charge in [0.2, 0.25) is 0 Å². The number of nitrogens with zero attached hydrogens (tertiary/aromatic N) is 1. The van der Waals surface area contributed by atoms with E-state index in [1.54, 1.807) is 24.9 Å². The van der Waals surface area contributed by atoms with Gasteiger partial charge in [-0.15, -0.1) is 0 Å². The van der Waals surface area contributed by atoms with Crippen LogP contribution in [0.15, 0.2) is 18.2 Å². The smallest absolute Gasteiger partial charge is 0.253 e. The van der Waals surface area contributed by atoms with Crippen molar-refractivity contribution in [1.82, 2.24) is 4.90 Å². The Morgan fingerprint density at radius 3 is 2.71 bits per heavy atom. The maximum absolute atomic E-state index is 13.1. The Labute approximate surface area is 110 Å². The van der Waals surface area contributed by atoms with Gasteiger partial charge in [-0.05, 0) is 37.1 Å². The van der Waals surface area contributed by atoms with Crippen LogP contribution in [0.3, 0.4) is 0 Å². The van der Waals surface area contributed by atoms with Crippen LogP contribution < -0.4 is 0 Å². The minimum absolute atomic E-state index is 0.0683. The molecule has 0 N–H and O–H groups in total. The molecule has 4 heteroatoms. The third-order valence-electron chi connectivity index (χ3n) is 2.61. The fraction of sp³-hybridized carbons (Fsp3) is 0.462. The van der Waals surface area contributed by atoms with Crippen molar-refractivity contribution in [1.29, 1.82) is 0 Å². The van der Waals surface area contributed by atoms with Crippen LogP contribution in [-0.2, 0) is 0 Å². The number of hydrogen-bond donors (Lipinski definition) is 0. The van der Waals surface area contributed by atoms with Crippen LogP contribution in [0.1, 0.15) is 29.3 Å². The largest absolute Gasteiger partial charge is 0.342 e. The Morgan fingerprint density at radius 2 is 2.18 bits per heavy atom. The summed E-state index contributed by atoms with van der Waals surface area (Å²) >= 11 is 3.44. The number of benzene rings is 1. The molecule has 2 nitrogen and oxygen atoms in total. The van der Waals surface area contributed by atoms with E-state index in [4.69, 9.17) is 0 Å². The number of aryl methyl sites for hydroxylation is 1. The molecule has 0 radical (unpaired) electrons. The molecule has 0 heterocycles. The lowest BCUT2D eigenvalue weighted by molar-refractivity contribution is 0.0794. The molecule has 0 aliphatic rings. The summed E-state index contributed by atoms with van der Waals surface area (Å²) < 4.78 is 13.1. The molecule has 1 aromatic rings. The minimum atomic E-state index is -0.279. The summed E-state index contributed by atoms with van der Waals surface area (Å²) in [6.45, 7) is 4.38. The van der Waals surface area contributed by atoms with Crippen LogP contribution in [-0.4, -0.2) is 29.2 Å². The Balaban J connectivity index is 2.71. The molecule has 0 bridgehead atoms. The van der Waals surface area contributed by atoms with Crippen molar-refractivity contribution >= 4 is 21.8 Å². The van der Waals surface area contributed by atoms with E-state index >= 15 is 0 Å². The maximum Gasteiger partial charge on any atom is 0.253 e. The molecule has 0 saturated carbocycles. The van der Waals surface area contributed by atoms with Crippen LogP contribution in [0.4, 0.5) is 4.39 Å². The van der Waals surface area contributed by atoms with Crippen molar-refractivity contribution in [3.63, 3.8) is 0 Å². The molecule has 0 aromatic heterocycles. The van der Waals surface area contributed by atoms with Crippen LogP contribution in [0.5, 0.6) is 0 Å². The van der Waals surface area contributed by atoms with Crippen LogP contribution in [0.2, 0.25) is 0 Å². The lowest BCUT2D eigenvalue weighted by Gasteiger charge is -2.18. The molecule has 1 atom stereocenters. The number of carbonyl (C=O) groups is 1. The van der Waals surface area contributed by atoms with Crippen LogP contribution in [0, 0.1) is 12.7 Å². The van der Waals surface area contributed by atoms with E-state index in [0.29, 0.717) is 22.5 Å². The third kappa shape index (κ3) is 4.11. The van der Waals surface area contributed by atoms with Gasteiger partial charge in [0.05, 0.1) is 0 Å². The van der Waals surface area contributed by atoms with Gasteiger partial charge in [-0.3, -0.25) is 4.79 Å². The van der Waals surface area contributed by atoms with E-state index in [0.717, 1.165) is 6.42 Å². The summed E-state index contributed by atoms with van der Waals surface area (Å²) in [7, 11) is 1.76. The van der Waals surface area contributed by atoms with Crippen molar-refractivity contribution in [2.75, 3.05) is 13.6 Å². The SMILES string of the molecule is Cc1cc(C(=O)N(C)CCC(C)Br)ccc1F. The fourth-order valence-corrected chi connectivity index (χ4v) is 1.68.